The molecule has 0 spiro atoms. The van der Waals surface area contributed by atoms with Crippen LogP contribution in [0.15, 0.2) is 0 Å². The zero-order valence-electron chi connectivity index (χ0n) is 13.3. The normalized spacial score (nSPS) is 22.8. The van der Waals surface area contributed by atoms with E-state index in [1.807, 2.05) is 10.8 Å². The van der Waals surface area contributed by atoms with Crippen LogP contribution >= 0.6 is 33.3 Å². The largest absolute Gasteiger partial charge is 0.379 e. The molecule has 0 aromatic rings. The average Bonchev–Trinajstić information content (AvgIpc) is 3.05. The highest BCUT2D eigenvalue weighted by Gasteiger charge is 2.15. The van der Waals surface area contributed by atoms with Gasteiger partial charge in [0.1, 0.15) is 0 Å². The molecule has 4 nitrogen and oxygen atoms in total. The van der Waals surface area contributed by atoms with Gasteiger partial charge in [0.2, 0.25) is 0 Å². The van der Waals surface area contributed by atoms with Crippen LogP contribution in [0.25, 0.3) is 0 Å². The van der Waals surface area contributed by atoms with E-state index in [-0.39, 0.29) is 5.24 Å². The van der Waals surface area contributed by atoms with Gasteiger partial charge in [-0.05, 0) is 19.3 Å². The van der Waals surface area contributed by atoms with Crippen molar-refractivity contribution < 1.29 is 9.53 Å². The first-order valence-corrected chi connectivity index (χ1v) is 11.7. The number of nitrogens with one attached hydrogen (secondary N) is 1. The molecule has 0 aromatic carbocycles. The molecule has 1 amide bonds. The third-order valence-electron chi connectivity index (χ3n) is 3.93. The van der Waals surface area contributed by atoms with Crippen LogP contribution in [-0.2, 0) is 4.74 Å². The molecule has 7 heteroatoms. The molecular formula is C15H28N2O2S3. The van der Waals surface area contributed by atoms with Crippen molar-refractivity contribution >= 4 is 38.6 Å². The van der Waals surface area contributed by atoms with Crippen LogP contribution in [0.2, 0.25) is 0 Å². The van der Waals surface area contributed by atoms with Crippen LogP contribution in [0.4, 0.5) is 4.79 Å². The summed E-state index contributed by atoms with van der Waals surface area (Å²) in [6.45, 7) is 5.30. The van der Waals surface area contributed by atoms with E-state index in [0.717, 1.165) is 56.8 Å². The van der Waals surface area contributed by atoms with Crippen molar-refractivity contribution in [3.05, 3.63) is 0 Å². The number of rotatable bonds is 9. The van der Waals surface area contributed by atoms with Gasteiger partial charge in [0.05, 0.1) is 13.2 Å². The van der Waals surface area contributed by atoms with Crippen molar-refractivity contribution in [3.8, 4) is 0 Å². The number of carbonyl (C=O) groups is 1. The van der Waals surface area contributed by atoms with Gasteiger partial charge in [0, 0.05) is 42.9 Å². The Kier molecular flexibility index (Phi) is 10.2. The number of thioether (sulfide) groups is 1. The van der Waals surface area contributed by atoms with Gasteiger partial charge in [0.15, 0.2) is 0 Å². The van der Waals surface area contributed by atoms with E-state index in [1.165, 1.54) is 43.2 Å². The van der Waals surface area contributed by atoms with Gasteiger partial charge < -0.3 is 10.1 Å². The van der Waals surface area contributed by atoms with Gasteiger partial charge in [-0.2, -0.15) is 0 Å². The molecule has 0 saturated carbocycles. The van der Waals surface area contributed by atoms with Gasteiger partial charge in [-0.1, -0.05) is 46.2 Å². The Balaban J connectivity index is 1.36. The Hall–Kier alpha value is 0.440. The summed E-state index contributed by atoms with van der Waals surface area (Å²) in [6, 6.07) is 0. The summed E-state index contributed by atoms with van der Waals surface area (Å²) in [4.78, 5) is 14.1. The first-order valence-electron chi connectivity index (χ1n) is 8.33. The van der Waals surface area contributed by atoms with Crippen LogP contribution in [0.1, 0.15) is 32.1 Å². The number of unbranched alkanes of at least 4 members (excludes halogenated alkanes) is 2. The second kappa shape index (κ2) is 11.9. The Morgan fingerprint density at radius 2 is 2.14 bits per heavy atom. The number of amides is 1. The highest BCUT2D eigenvalue weighted by atomic mass is 33.1. The van der Waals surface area contributed by atoms with Crippen molar-refractivity contribution in [2.24, 2.45) is 0 Å². The van der Waals surface area contributed by atoms with E-state index in [1.54, 1.807) is 0 Å². The molecule has 2 aliphatic rings. The summed E-state index contributed by atoms with van der Waals surface area (Å²) in [6.07, 6.45) is 6.48. The maximum atomic E-state index is 11.7. The summed E-state index contributed by atoms with van der Waals surface area (Å²) >= 11 is 1.44. The molecule has 22 heavy (non-hydrogen) atoms. The minimum Gasteiger partial charge on any atom is -0.379 e. The van der Waals surface area contributed by atoms with E-state index in [0.29, 0.717) is 0 Å². The monoisotopic (exact) mass is 364 g/mol. The quantitative estimate of drug-likeness (QED) is 0.499. The zero-order chi connectivity index (χ0) is 15.5. The van der Waals surface area contributed by atoms with Gasteiger partial charge in [-0.15, -0.1) is 0 Å². The molecule has 2 aliphatic heterocycles. The Morgan fingerprint density at radius 1 is 1.27 bits per heavy atom. The predicted molar refractivity (Wildman–Crippen MR) is 100 cm³/mol. The Labute approximate surface area is 146 Å². The SMILES string of the molecule is O=C(NCCN1CCOCC1)SCCCCCC1CCSS1. The topological polar surface area (TPSA) is 41.6 Å². The average molecular weight is 365 g/mol. The fourth-order valence-electron chi connectivity index (χ4n) is 2.57. The number of hydrogen-bond acceptors (Lipinski definition) is 6. The second-order valence-electron chi connectivity index (χ2n) is 5.69. The molecule has 1 N–H and O–H groups in total. The molecule has 0 bridgehead atoms. The lowest BCUT2D eigenvalue weighted by atomic mass is 10.1. The molecule has 0 aliphatic carbocycles. The first-order chi connectivity index (χ1) is 10.8. The molecule has 2 fully saturated rings. The van der Waals surface area contributed by atoms with Crippen LogP contribution in [-0.4, -0.2) is 66.3 Å². The molecule has 2 heterocycles. The minimum absolute atomic E-state index is 0.135. The molecular weight excluding hydrogens is 336 g/mol. The lowest BCUT2D eigenvalue weighted by Crippen LogP contribution is -2.40. The maximum Gasteiger partial charge on any atom is 0.279 e. The Morgan fingerprint density at radius 3 is 2.91 bits per heavy atom. The predicted octanol–water partition coefficient (Wildman–Crippen LogP) is 3.48. The van der Waals surface area contributed by atoms with E-state index in [2.05, 4.69) is 21.0 Å². The number of carbonyl (C=O) groups excluding carboxylic acids is 1. The highest BCUT2D eigenvalue weighted by molar-refractivity contribution is 8.77. The number of nitrogens with zero attached hydrogens (tertiary/aromatic N) is 1. The molecule has 0 radical (unpaired) electrons. The van der Waals surface area contributed by atoms with Gasteiger partial charge in [-0.25, -0.2) is 0 Å². The summed E-state index contributed by atoms with van der Waals surface area (Å²) in [5, 5.41) is 4.03. The van der Waals surface area contributed by atoms with E-state index in [9.17, 15) is 4.79 Å². The smallest absolute Gasteiger partial charge is 0.279 e. The fourth-order valence-corrected chi connectivity index (χ4v) is 6.34. The molecule has 2 rings (SSSR count). The van der Waals surface area contributed by atoms with Gasteiger partial charge in [-0.3, -0.25) is 9.69 Å². The fraction of sp³-hybridized carbons (Fsp3) is 0.933. The van der Waals surface area contributed by atoms with Crippen molar-refractivity contribution in [1.82, 2.24) is 10.2 Å². The lowest BCUT2D eigenvalue weighted by molar-refractivity contribution is 0.0388. The zero-order valence-corrected chi connectivity index (χ0v) is 15.7. The third kappa shape index (κ3) is 8.34. The molecule has 128 valence electrons. The summed E-state index contributed by atoms with van der Waals surface area (Å²) < 4.78 is 5.31. The second-order valence-corrected chi connectivity index (χ2v) is 9.55. The summed E-state index contributed by atoms with van der Waals surface area (Å²) in [5.41, 5.74) is 0. The highest BCUT2D eigenvalue weighted by Crippen LogP contribution is 2.39. The van der Waals surface area contributed by atoms with Crippen LogP contribution < -0.4 is 5.32 Å². The first kappa shape index (κ1) is 18.8. The van der Waals surface area contributed by atoms with Gasteiger partial charge in [0.25, 0.3) is 5.24 Å². The third-order valence-corrected chi connectivity index (χ3v) is 7.84. The number of morpholine rings is 1. The van der Waals surface area contributed by atoms with Crippen molar-refractivity contribution in [1.29, 1.82) is 0 Å². The summed E-state index contributed by atoms with van der Waals surface area (Å²) in [7, 11) is 4.09. The van der Waals surface area contributed by atoms with Gasteiger partial charge >= 0.3 is 0 Å². The van der Waals surface area contributed by atoms with Crippen LogP contribution in [0.5, 0.6) is 0 Å². The van der Waals surface area contributed by atoms with E-state index >= 15 is 0 Å². The standard InChI is InChI=1S/C15H28N2O2S3/c18-15(16-6-7-17-8-10-19-11-9-17)20-12-3-1-2-4-14-5-13-21-22-14/h14H,1-13H2,(H,16,18). The van der Waals surface area contributed by atoms with Crippen LogP contribution in [0, 0.1) is 0 Å². The number of ether oxygens (including phenoxy) is 1. The summed E-state index contributed by atoms with van der Waals surface area (Å²) in [5.74, 6) is 2.28. The molecule has 1 atom stereocenters. The van der Waals surface area contributed by atoms with Crippen molar-refractivity contribution in [3.63, 3.8) is 0 Å². The van der Waals surface area contributed by atoms with E-state index in [4.69, 9.17) is 4.74 Å². The number of hydrogen-bond donors (Lipinski definition) is 1. The van der Waals surface area contributed by atoms with E-state index < -0.39 is 0 Å². The van der Waals surface area contributed by atoms with Crippen molar-refractivity contribution in [2.75, 3.05) is 50.9 Å². The molecule has 1 unspecified atom stereocenters. The lowest BCUT2D eigenvalue weighted by Gasteiger charge is -2.26. The van der Waals surface area contributed by atoms with Crippen LogP contribution in [0.3, 0.4) is 0 Å². The Bertz CT molecular complexity index is 309. The minimum atomic E-state index is 0.135. The van der Waals surface area contributed by atoms with Crippen molar-refractivity contribution in [2.45, 2.75) is 37.4 Å². The maximum absolute atomic E-state index is 11.7. The molecule has 2 saturated heterocycles. The molecule has 0 aromatic heterocycles.